The summed E-state index contributed by atoms with van der Waals surface area (Å²) in [4.78, 5) is 25.3. The first kappa shape index (κ1) is 27.4. The minimum absolute atomic E-state index is 0.0907. The van der Waals surface area contributed by atoms with E-state index in [0.717, 1.165) is 0 Å². The van der Waals surface area contributed by atoms with Gasteiger partial charge in [-0.2, -0.15) is 0 Å². The summed E-state index contributed by atoms with van der Waals surface area (Å²) < 4.78 is 39.4. The summed E-state index contributed by atoms with van der Waals surface area (Å²) in [6, 6.07) is 7.85. The smallest absolute Gasteiger partial charge is 0.316 e. The molecule has 0 spiro atoms. The first-order valence-electron chi connectivity index (χ1n) is 10.8. The zero-order chi connectivity index (χ0) is 25.6. The van der Waals surface area contributed by atoms with Gasteiger partial charge < -0.3 is 19.9 Å². The minimum atomic E-state index is -4.32. The fraction of sp³-hybridized carbons (Fsp3) is 0.391. The zero-order valence-corrected chi connectivity index (χ0v) is 21.2. The van der Waals surface area contributed by atoms with Crippen LogP contribution in [0.5, 0.6) is 5.75 Å². The van der Waals surface area contributed by atoms with Gasteiger partial charge >= 0.3 is 5.97 Å². The fourth-order valence-corrected chi connectivity index (χ4v) is 5.80. The summed E-state index contributed by atoms with van der Waals surface area (Å²) in [6.07, 6.45) is 1.19. The van der Waals surface area contributed by atoms with Gasteiger partial charge in [0.05, 0.1) is 23.6 Å². The molecule has 0 aromatic heterocycles. The number of rotatable bonds is 12. The first-order chi connectivity index (χ1) is 16.6. The highest BCUT2D eigenvalue weighted by Gasteiger charge is 2.42. The Labute approximate surface area is 213 Å². The molecule has 1 saturated heterocycles. The van der Waals surface area contributed by atoms with Gasteiger partial charge in [0.15, 0.2) is 5.78 Å². The van der Waals surface area contributed by atoms with E-state index in [-0.39, 0.29) is 20.5 Å². The summed E-state index contributed by atoms with van der Waals surface area (Å²) in [5.74, 6) is -3.26. The number of nitrogens with one attached hydrogen (secondary N) is 2. The summed E-state index contributed by atoms with van der Waals surface area (Å²) in [7, 11) is -2.78. The second-order valence-corrected chi connectivity index (χ2v) is 10.6. The van der Waals surface area contributed by atoms with Crippen LogP contribution in [0.1, 0.15) is 24.4 Å². The molecule has 0 amide bonds. The van der Waals surface area contributed by atoms with Crippen LogP contribution >= 0.6 is 23.2 Å². The predicted molar refractivity (Wildman–Crippen MR) is 130 cm³/mol. The summed E-state index contributed by atoms with van der Waals surface area (Å²) in [6.45, 7) is 1.25. The minimum Gasteiger partial charge on any atom is -0.491 e. The van der Waals surface area contributed by atoms with Gasteiger partial charge in [0.1, 0.15) is 18.3 Å². The molecular weight excluding hydrogens is 519 g/mol. The molecule has 3 atom stereocenters. The third kappa shape index (κ3) is 7.16. The number of Topliss-reactive ketones (excluding diaryl/α,β-unsaturated/α-hetero) is 1. The standard InChI is InChI=1S/C23H26Cl2N2O7S/c1-33-9-10-34-17-6-4-14(5-7-17)21(20(23(29)30)22(28)19-3-2-8-26-19)27-35(31,32)18-12-15(24)11-16(25)13-18/h4-7,11-13,19-21,26-27H,2-3,8-10H2,1H3,(H,29,30)/t19-,20-,21-/m0/s1. The number of benzene rings is 2. The van der Waals surface area contributed by atoms with Crippen LogP contribution in [0.4, 0.5) is 0 Å². The van der Waals surface area contributed by atoms with Crippen molar-refractivity contribution in [2.75, 3.05) is 26.9 Å². The predicted octanol–water partition coefficient (Wildman–Crippen LogP) is 3.06. The second-order valence-electron chi connectivity index (χ2n) is 7.98. The Bertz CT molecular complexity index is 1130. The zero-order valence-electron chi connectivity index (χ0n) is 18.9. The number of carbonyl (C=O) groups is 2. The van der Waals surface area contributed by atoms with E-state index >= 15 is 0 Å². The third-order valence-electron chi connectivity index (χ3n) is 5.53. The molecule has 12 heteroatoms. The number of methoxy groups -OCH3 is 1. The van der Waals surface area contributed by atoms with Crippen LogP contribution in [-0.4, -0.2) is 58.2 Å². The lowest BCUT2D eigenvalue weighted by molar-refractivity contribution is -0.148. The van der Waals surface area contributed by atoms with Gasteiger partial charge in [-0.15, -0.1) is 0 Å². The lowest BCUT2D eigenvalue weighted by atomic mass is 9.86. The van der Waals surface area contributed by atoms with Gasteiger partial charge in [0.2, 0.25) is 10.0 Å². The lowest BCUT2D eigenvalue weighted by Gasteiger charge is -2.27. The Morgan fingerprint density at radius 3 is 2.34 bits per heavy atom. The molecule has 3 N–H and O–H groups in total. The number of carbonyl (C=O) groups excluding carboxylic acids is 1. The molecule has 9 nitrogen and oxygen atoms in total. The molecular formula is C23H26Cl2N2O7S. The average molecular weight is 545 g/mol. The number of aliphatic carboxylic acids is 1. The van der Waals surface area contributed by atoms with Crippen molar-refractivity contribution in [2.45, 2.75) is 29.8 Å². The van der Waals surface area contributed by atoms with Crippen LogP contribution in [0.25, 0.3) is 0 Å². The lowest BCUT2D eigenvalue weighted by Crippen LogP contribution is -2.46. The number of sulfonamides is 1. The van der Waals surface area contributed by atoms with Crippen molar-refractivity contribution in [2.24, 2.45) is 5.92 Å². The SMILES string of the molecule is COCCOc1ccc([C@H](NS(=O)(=O)c2cc(Cl)cc(Cl)c2)[C@H](C(=O)O)C(=O)[C@@H]2CCCN2)cc1. The molecule has 0 aliphatic carbocycles. The van der Waals surface area contributed by atoms with Crippen molar-refractivity contribution in [1.82, 2.24) is 10.0 Å². The topological polar surface area (TPSA) is 131 Å². The highest BCUT2D eigenvalue weighted by Crippen LogP contribution is 2.31. The van der Waals surface area contributed by atoms with Gasteiger partial charge in [-0.1, -0.05) is 35.3 Å². The molecule has 0 saturated carbocycles. The van der Waals surface area contributed by atoms with Crippen LogP contribution < -0.4 is 14.8 Å². The Kier molecular flexibility index (Phi) is 9.51. The number of carboxylic acids is 1. The number of hydrogen-bond acceptors (Lipinski definition) is 7. The molecule has 190 valence electrons. The van der Waals surface area contributed by atoms with Crippen molar-refractivity contribution in [3.63, 3.8) is 0 Å². The van der Waals surface area contributed by atoms with Crippen LogP contribution in [0.3, 0.4) is 0 Å². The molecule has 1 aliphatic rings. The highest BCUT2D eigenvalue weighted by molar-refractivity contribution is 7.89. The van der Waals surface area contributed by atoms with Gasteiger partial charge in [0.25, 0.3) is 0 Å². The van der Waals surface area contributed by atoms with E-state index in [0.29, 0.717) is 38.3 Å². The molecule has 3 rings (SSSR count). The van der Waals surface area contributed by atoms with E-state index in [2.05, 4.69) is 10.0 Å². The third-order valence-corrected chi connectivity index (χ3v) is 7.39. The Morgan fingerprint density at radius 2 is 1.80 bits per heavy atom. The van der Waals surface area contributed by atoms with E-state index in [9.17, 15) is 23.1 Å². The average Bonchev–Trinajstić information content (AvgIpc) is 3.33. The molecule has 0 radical (unpaired) electrons. The molecule has 35 heavy (non-hydrogen) atoms. The van der Waals surface area contributed by atoms with E-state index in [1.807, 2.05) is 0 Å². The quantitative estimate of drug-likeness (QED) is 0.274. The number of ketones is 1. The van der Waals surface area contributed by atoms with Crippen LogP contribution in [0.2, 0.25) is 10.0 Å². The van der Waals surface area contributed by atoms with Crippen molar-refractivity contribution in [3.8, 4) is 5.75 Å². The van der Waals surface area contributed by atoms with E-state index < -0.39 is 39.8 Å². The molecule has 1 fully saturated rings. The first-order valence-corrected chi connectivity index (χ1v) is 13.1. The van der Waals surface area contributed by atoms with Gasteiger partial charge in [-0.25, -0.2) is 13.1 Å². The molecule has 0 bridgehead atoms. The van der Waals surface area contributed by atoms with E-state index in [4.69, 9.17) is 32.7 Å². The summed E-state index contributed by atoms with van der Waals surface area (Å²) >= 11 is 11.9. The van der Waals surface area contributed by atoms with E-state index in [1.54, 1.807) is 19.2 Å². The number of halogens is 2. The Hall–Kier alpha value is -2.21. The maximum Gasteiger partial charge on any atom is 0.316 e. The maximum absolute atomic E-state index is 13.2. The molecule has 1 aliphatic heterocycles. The van der Waals surface area contributed by atoms with Crippen molar-refractivity contribution >= 4 is 45.0 Å². The second kappa shape index (κ2) is 12.2. The number of hydrogen-bond donors (Lipinski definition) is 3. The Morgan fingerprint density at radius 1 is 1.14 bits per heavy atom. The van der Waals surface area contributed by atoms with Crippen molar-refractivity contribution in [1.29, 1.82) is 0 Å². The van der Waals surface area contributed by atoms with Gasteiger partial charge in [-0.3, -0.25) is 9.59 Å². The molecule has 1 heterocycles. The maximum atomic E-state index is 13.2. The Balaban J connectivity index is 2.00. The summed E-state index contributed by atoms with van der Waals surface area (Å²) in [5, 5.41) is 13.2. The molecule has 0 unspecified atom stereocenters. The summed E-state index contributed by atoms with van der Waals surface area (Å²) in [5.41, 5.74) is 0.277. The fourth-order valence-electron chi connectivity index (χ4n) is 3.83. The van der Waals surface area contributed by atoms with Gasteiger partial charge in [-0.05, 0) is 55.3 Å². The van der Waals surface area contributed by atoms with Crippen LogP contribution in [0, 0.1) is 5.92 Å². The molecule has 2 aromatic rings. The monoisotopic (exact) mass is 544 g/mol. The van der Waals surface area contributed by atoms with E-state index in [1.165, 1.54) is 30.3 Å². The van der Waals surface area contributed by atoms with Crippen LogP contribution in [0.15, 0.2) is 47.4 Å². The normalized spacial score (nSPS) is 17.6. The highest BCUT2D eigenvalue weighted by atomic mass is 35.5. The van der Waals surface area contributed by atoms with Crippen molar-refractivity contribution in [3.05, 3.63) is 58.1 Å². The molecule has 2 aromatic carbocycles. The number of ether oxygens (including phenoxy) is 2. The van der Waals surface area contributed by atoms with Crippen LogP contribution in [-0.2, 0) is 24.3 Å². The van der Waals surface area contributed by atoms with Gasteiger partial charge in [0, 0.05) is 17.2 Å². The number of carboxylic acid groups (broad SMARTS) is 1. The van der Waals surface area contributed by atoms with Crippen molar-refractivity contribution < 1.29 is 32.6 Å². The largest absolute Gasteiger partial charge is 0.491 e.